The molecule has 1 saturated heterocycles. The molecule has 0 bridgehead atoms. The van der Waals surface area contributed by atoms with Gasteiger partial charge in [0.25, 0.3) is 0 Å². The fourth-order valence-electron chi connectivity index (χ4n) is 3.95. The summed E-state index contributed by atoms with van der Waals surface area (Å²) in [7, 11) is -3.19. The van der Waals surface area contributed by atoms with Crippen LogP contribution in [0.4, 0.5) is 0 Å². The molecule has 164 valence electrons. The molecule has 1 heterocycles. The third-order valence-corrected chi connectivity index (χ3v) is 6.51. The smallest absolute Gasteiger partial charge is 0.191 e. The van der Waals surface area contributed by atoms with Crippen LogP contribution in [-0.2, 0) is 16.4 Å². The van der Waals surface area contributed by atoms with Crippen molar-refractivity contribution in [2.45, 2.75) is 64.4 Å². The number of sulfone groups is 1. The average molecular weight is 423 g/mol. The van der Waals surface area contributed by atoms with Crippen LogP contribution in [0.3, 0.4) is 0 Å². The minimum absolute atomic E-state index is 0.387. The maximum Gasteiger partial charge on any atom is 0.191 e. The van der Waals surface area contributed by atoms with Crippen LogP contribution in [0.2, 0.25) is 0 Å². The van der Waals surface area contributed by atoms with Crippen molar-refractivity contribution in [1.29, 1.82) is 0 Å². The predicted octanol–water partition coefficient (Wildman–Crippen LogP) is 2.96. The van der Waals surface area contributed by atoms with Gasteiger partial charge in [-0.05, 0) is 56.3 Å². The Morgan fingerprint density at radius 3 is 2.66 bits per heavy atom. The summed E-state index contributed by atoms with van der Waals surface area (Å²) in [6, 6.07) is 5.99. The lowest BCUT2D eigenvalue weighted by Gasteiger charge is -2.37. The SMILES string of the molecule is CCNC(=NCc1ccc(S(C)(=O)=O)c(C)c1)NCC1CCCCN1CC(C)C. The number of guanidine groups is 1. The van der Waals surface area contributed by atoms with E-state index in [-0.39, 0.29) is 0 Å². The Morgan fingerprint density at radius 2 is 2.03 bits per heavy atom. The standard InChI is InChI=1S/C22H38N4O2S/c1-6-23-22(25-15-20-9-7-8-12-26(20)16-17(2)3)24-14-19-10-11-21(18(4)13-19)29(5,27)28/h10-11,13,17,20H,6-9,12,14-16H2,1-5H3,(H2,23,24,25). The van der Waals surface area contributed by atoms with E-state index in [2.05, 4.69) is 36.3 Å². The van der Waals surface area contributed by atoms with Gasteiger partial charge in [0.05, 0.1) is 11.4 Å². The molecule has 1 aliphatic rings. The van der Waals surface area contributed by atoms with Crippen molar-refractivity contribution in [3.63, 3.8) is 0 Å². The molecular weight excluding hydrogens is 384 g/mol. The first-order valence-corrected chi connectivity index (χ1v) is 12.7. The molecular formula is C22H38N4O2S. The van der Waals surface area contributed by atoms with E-state index in [0.29, 0.717) is 23.4 Å². The highest BCUT2D eigenvalue weighted by molar-refractivity contribution is 7.90. The van der Waals surface area contributed by atoms with E-state index in [0.717, 1.165) is 36.7 Å². The van der Waals surface area contributed by atoms with Crippen molar-refractivity contribution in [2.75, 3.05) is 32.4 Å². The number of hydrogen-bond acceptors (Lipinski definition) is 4. The number of nitrogens with one attached hydrogen (secondary N) is 2. The highest BCUT2D eigenvalue weighted by Gasteiger charge is 2.22. The Bertz CT molecular complexity index is 790. The van der Waals surface area contributed by atoms with Crippen LogP contribution in [0.15, 0.2) is 28.1 Å². The Hall–Kier alpha value is -1.60. The van der Waals surface area contributed by atoms with Crippen LogP contribution in [-0.4, -0.2) is 57.8 Å². The lowest BCUT2D eigenvalue weighted by Crippen LogP contribution is -2.50. The fraction of sp³-hybridized carbons (Fsp3) is 0.682. The molecule has 29 heavy (non-hydrogen) atoms. The monoisotopic (exact) mass is 422 g/mol. The second kappa shape index (κ2) is 11.0. The first-order chi connectivity index (χ1) is 13.7. The van der Waals surface area contributed by atoms with Crippen LogP contribution < -0.4 is 10.6 Å². The summed E-state index contributed by atoms with van der Waals surface area (Å²) in [6.07, 6.45) is 5.06. The van der Waals surface area contributed by atoms with Crippen molar-refractivity contribution >= 4 is 15.8 Å². The summed E-state index contributed by atoms with van der Waals surface area (Å²) >= 11 is 0. The van der Waals surface area contributed by atoms with E-state index in [4.69, 9.17) is 4.99 Å². The minimum atomic E-state index is -3.19. The number of aryl methyl sites for hydroxylation is 1. The quantitative estimate of drug-likeness (QED) is 0.498. The lowest BCUT2D eigenvalue weighted by molar-refractivity contribution is 0.133. The predicted molar refractivity (Wildman–Crippen MR) is 121 cm³/mol. The molecule has 1 unspecified atom stereocenters. The number of piperidine rings is 1. The topological polar surface area (TPSA) is 73.8 Å². The molecule has 0 saturated carbocycles. The Kier molecular flexibility index (Phi) is 8.96. The largest absolute Gasteiger partial charge is 0.357 e. The van der Waals surface area contributed by atoms with E-state index >= 15 is 0 Å². The number of rotatable bonds is 8. The summed E-state index contributed by atoms with van der Waals surface area (Å²) in [5, 5.41) is 6.84. The van der Waals surface area contributed by atoms with Crippen LogP contribution >= 0.6 is 0 Å². The molecule has 0 radical (unpaired) electrons. The summed E-state index contributed by atoms with van der Waals surface area (Å²) in [5.41, 5.74) is 1.77. The van der Waals surface area contributed by atoms with Gasteiger partial charge in [-0.25, -0.2) is 13.4 Å². The van der Waals surface area contributed by atoms with Crippen LogP contribution in [0, 0.1) is 12.8 Å². The number of likely N-dealkylation sites (tertiary alicyclic amines) is 1. The van der Waals surface area contributed by atoms with Crippen LogP contribution in [0.5, 0.6) is 0 Å². The molecule has 1 aromatic rings. The normalized spacial score (nSPS) is 18.8. The van der Waals surface area contributed by atoms with Gasteiger partial charge >= 0.3 is 0 Å². The maximum atomic E-state index is 11.8. The van der Waals surface area contributed by atoms with Gasteiger partial charge in [0.1, 0.15) is 0 Å². The number of hydrogen-bond donors (Lipinski definition) is 2. The zero-order valence-electron chi connectivity index (χ0n) is 18.7. The molecule has 2 N–H and O–H groups in total. The van der Waals surface area contributed by atoms with Gasteiger partial charge in [0.2, 0.25) is 0 Å². The first kappa shape index (κ1) is 23.7. The van der Waals surface area contributed by atoms with Gasteiger partial charge in [-0.15, -0.1) is 0 Å². The molecule has 0 amide bonds. The highest BCUT2D eigenvalue weighted by atomic mass is 32.2. The molecule has 1 fully saturated rings. The third kappa shape index (κ3) is 7.63. The summed E-state index contributed by atoms with van der Waals surface area (Å²) < 4.78 is 23.6. The molecule has 1 atom stereocenters. The van der Waals surface area contributed by atoms with Crippen molar-refractivity contribution in [1.82, 2.24) is 15.5 Å². The second-order valence-electron chi connectivity index (χ2n) is 8.49. The summed E-state index contributed by atoms with van der Waals surface area (Å²) in [5.74, 6) is 1.49. The Balaban J connectivity index is 2.01. The Labute approximate surface area is 177 Å². The third-order valence-electron chi connectivity index (χ3n) is 5.26. The molecule has 2 rings (SSSR count). The van der Waals surface area contributed by atoms with E-state index in [1.165, 1.54) is 32.1 Å². The number of nitrogens with zero attached hydrogens (tertiary/aromatic N) is 2. The minimum Gasteiger partial charge on any atom is -0.357 e. The van der Waals surface area contributed by atoms with E-state index in [9.17, 15) is 8.42 Å². The maximum absolute atomic E-state index is 11.8. The van der Waals surface area contributed by atoms with Crippen LogP contribution in [0.25, 0.3) is 0 Å². The van der Waals surface area contributed by atoms with Gasteiger partial charge in [-0.2, -0.15) is 0 Å². The molecule has 7 heteroatoms. The zero-order chi connectivity index (χ0) is 21.4. The molecule has 0 spiro atoms. The van der Waals surface area contributed by atoms with E-state index in [1.54, 1.807) is 6.07 Å². The molecule has 6 nitrogen and oxygen atoms in total. The van der Waals surface area contributed by atoms with Crippen molar-refractivity contribution in [3.8, 4) is 0 Å². The van der Waals surface area contributed by atoms with Gasteiger partial charge in [0, 0.05) is 31.9 Å². The first-order valence-electron chi connectivity index (χ1n) is 10.8. The summed E-state index contributed by atoms with van der Waals surface area (Å²) in [4.78, 5) is 7.71. The number of aliphatic imine (C=N–C) groups is 1. The van der Waals surface area contributed by atoms with Crippen molar-refractivity contribution in [3.05, 3.63) is 29.3 Å². The summed E-state index contributed by atoms with van der Waals surface area (Å²) in [6.45, 7) is 13.0. The Morgan fingerprint density at radius 1 is 1.28 bits per heavy atom. The number of benzene rings is 1. The molecule has 0 aliphatic carbocycles. The second-order valence-corrected chi connectivity index (χ2v) is 10.5. The van der Waals surface area contributed by atoms with Gasteiger partial charge in [-0.3, -0.25) is 4.90 Å². The lowest BCUT2D eigenvalue weighted by atomic mass is 10.0. The van der Waals surface area contributed by atoms with Crippen molar-refractivity contribution < 1.29 is 8.42 Å². The van der Waals surface area contributed by atoms with E-state index in [1.807, 2.05) is 19.1 Å². The highest BCUT2D eigenvalue weighted by Crippen LogP contribution is 2.18. The average Bonchev–Trinajstić information content (AvgIpc) is 2.63. The molecule has 1 aliphatic heterocycles. The van der Waals surface area contributed by atoms with Crippen molar-refractivity contribution in [2.24, 2.45) is 10.9 Å². The molecule has 1 aromatic carbocycles. The fourth-order valence-corrected chi connectivity index (χ4v) is 4.91. The van der Waals surface area contributed by atoms with E-state index < -0.39 is 9.84 Å². The van der Waals surface area contributed by atoms with Gasteiger partial charge in [-0.1, -0.05) is 32.4 Å². The molecule has 0 aromatic heterocycles. The van der Waals surface area contributed by atoms with Crippen LogP contribution in [0.1, 0.15) is 51.2 Å². The van der Waals surface area contributed by atoms with Gasteiger partial charge < -0.3 is 10.6 Å². The zero-order valence-corrected chi connectivity index (χ0v) is 19.5. The van der Waals surface area contributed by atoms with Gasteiger partial charge in [0.15, 0.2) is 15.8 Å².